The Kier molecular flexibility index (Phi) is 7.05. The third-order valence-electron chi connectivity index (χ3n) is 2.35. The lowest BCUT2D eigenvalue weighted by molar-refractivity contribution is -0.121. The van der Waals surface area contributed by atoms with Gasteiger partial charge in [-0.05, 0) is 30.8 Å². The smallest absolute Gasteiger partial charge is 0.252 e. The highest BCUT2D eigenvalue weighted by molar-refractivity contribution is 7.08. The topological polar surface area (TPSA) is 84.2 Å². The third kappa shape index (κ3) is 5.79. The molecule has 0 aliphatic heterocycles. The number of carbonyl (C=O) groups is 2. The van der Waals surface area contributed by atoms with Crippen LogP contribution >= 0.6 is 11.3 Å². The van der Waals surface area contributed by atoms with Crippen LogP contribution in [0.2, 0.25) is 0 Å². The molecular formula is C12H19N3O2S. The van der Waals surface area contributed by atoms with Gasteiger partial charge in [-0.1, -0.05) is 0 Å². The summed E-state index contributed by atoms with van der Waals surface area (Å²) in [5.74, 6) is -0.0759. The molecule has 6 heteroatoms. The van der Waals surface area contributed by atoms with E-state index >= 15 is 0 Å². The number of thiophene rings is 1. The molecule has 0 fully saturated rings. The molecule has 0 bridgehead atoms. The van der Waals surface area contributed by atoms with Gasteiger partial charge in [0.1, 0.15) is 0 Å². The summed E-state index contributed by atoms with van der Waals surface area (Å²) in [6.45, 7) is 1.71. The molecule has 0 atom stereocenters. The molecule has 0 aliphatic rings. The SMILES string of the molecule is NCCCNC(=O)CCCNC(=O)c1ccsc1. The van der Waals surface area contributed by atoms with Gasteiger partial charge in [-0.25, -0.2) is 0 Å². The van der Waals surface area contributed by atoms with Gasteiger partial charge in [-0.15, -0.1) is 0 Å². The van der Waals surface area contributed by atoms with Crippen LogP contribution < -0.4 is 16.4 Å². The maximum absolute atomic E-state index is 11.5. The van der Waals surface area contributed by atoms with Crippen molar-refractivity contribution in [2.75, 3.05) is 19.6 Å². The molecule has 1 heterocycles. The Labute approximate surface area is 111 Å². The largest absolute Gasteiger partial charge is 0.356 e. The molecule has 5 nitrogen and oxygen atoms in total. The minimum Gasteiger partial charge on any atom is -0.356 e. The fraction of sp³-hybridized carbons (Fsp3) is 0.500. The molecule has 0 radical (unpaired) electrons. The van der Waals surface area contributed by atoms with E-state index in [1.165, 1.54) is 11.3 Å². The molecule has 1 aromatic heterocycles. The van der Waals surface area contributed by atoms with Crippen LogP contribution in [0.3, 0.4) is 0 Å². The van der Waals surface area contributed by atoms with E-state index in [0.717, 1.165) is 6.42 Å². The van der Waals surface area contributed by atoms with Gasteiger partial charge in [-0.2, -0.15) is 11.3 Å². The van der Waals surface area contributed by atoms with Crippen molar-refractivity contribution in [2.24, 2.45) is 5.73 Å². The van der Waals surface area contributed by atoms with E-state index in [1.807, 2.05) is 5.38 Å². The average Bonchev–Trinajstić information content (AvgIpc) is 2.88. The first-order valence-electron chi connectivity index (χ1n) is 6.01. The van der Waals surface area contributed by atoms with Crippen molar-refractivity contribution in [2.45, 2.75) is 19.3 Å². The van der Waals surface area contributed by atoms with Gasteiger partial charge in [0.2, 0.25) is 5.91 Å². The van der Waals surface area contributed by atoms with Gasteiger partial charge in [0.05, 0.1) is 0 Å². The average molecular weight is 269 g/mol. The van der Waals surface area contributed by atoms with Crippen LogP contribution in [0.1, 0.15) is 29.6 Å². The van der Waals surface area contributed by atoms with Crippen molar-refractivity contribution in [3.8, 4) is 0 Å². The number of amides is 2. The number of hydrogen-bond donors (Lipinski definition) is 3. The molecule has 18 heavy (non-hydrogen) atoms. The second-order valence-corrected chi connectivity index (χ2v) is 4.64. The van der Waals surface area contributed by atoms with Crippen LogP contribution in [-0.2, 0) is 4.79 Å². The van der Waals surface area contributed by atoms with Gasteiger partial charge in [0.25, 0.3) is 5.91 Å². The maximum Gasteiger partial charge on any atom is 0.252 e. The van der Waals surface area contributed by atoms with Crippen LogP contribution in [0.15, 0.2) is 16.8 Å². The minimum atomic E-state index is -0.0835. The molecule has 0 saturated carbocycles. The molecule has 0 aliphatic carbocycles. The first kappa shape index (κ1) is 14.7. The fourth-order valence-electron chi connectivity index (χ4n) is 1.36. The monoisotopic (exact) mass is 269 g/mol. The van der Waals surface area contributed by atoms with E-state index in [0.29, 0.717) is 38.0 Å². The Balaban J connectivity index is 2.04. The summed E-state index contributed by atoms with van der Waals surface area (Å²) in [7, 11) is 0. The van der Waals surface area contributed by atoms with Crippen LogP contribution in [0, 0.1) is 0 Å². The Hall–Kier alpha value is -1.40. The number of carbonyl (C=O) groups excluding carboxylic acids is 2. The zero-order chi connectivity index (χ0) is 13.2. The molecule has 2 amide bonds. The van der Waals surface area contributed by atoms with E-state index in [2.05, 4.69) is 10.6 Å². The molecule has 1 aromatic rings. The first-order valence-corrected chi connectivity index (χ1v) is 6.95. The molecule has 1 rings (SSSR count). The molecule has 100 valence electrons. The van der Waals surface area contributed by atoms with Crippen LogP contribution in [0.5, 0.6) is 0 Å². The van der Waals surface area contributed by atoms with Crippen molar-refractivity contribution < 1.29 is 9.59 Å². The number of rotatable bonds is 8. The zero-order valence-electron chi connectivity index (χ0n) is 10.3. The normalized spacial score (nSPS) is 10.1. The second-order valence-electron chi connectivity index (χ2n) is 3.86. The Bertz CT molecular complexity index is 365. The van der Waals surface area contributed by atoms with Gasteiger partial charge in [-0.3, -0.25) is 9.59 Å². The van der Waals surface area contributed by atoms with E-state index in [-0.39, 0.29) is 11.8 Å². The summed E-state index contributed by atoms with van der Waals surface area (Å²) in [6.07, 6.45) is 1.86. The minimum absolute atomic E-state index is 0.00762. The van der Waals surface area contributed by atoms with Crippen molar-refractivity contribution in [1.29, 1.82) is 0 Å². The highest BCUT2D eigenvalue weighted by Crippen LogP contribution is 2.05. The van der Waals surface area contributed by atoms with Crippen molar-refractivity contribution in [3.63, 3.8) is 0 Å². The molecule has 0 unspecified atom stereocenters. The van der Waals surface area contributed by atoms with Crippen LogP contribution in [0.4, 0.5) is 0 Å². The molecular weight excluding hydrogens is 250 g/mol. The Morgan fingerprint density at radius 3 is 2.67 bits per heavy atom. The first-order chi connectivity index (χ1) is 8.74. The second kappa shape index (κ2) is 8.66. The van der Waals surface area contributed by atoms with Crippen LogP contribution in [0.25, 0.3) is 0 Å². The highest BCUT2D eigenvalue weighted by Gasteiger charge is 2.05. The lowest BCUT2D eigenvalue weighted by atomic mass is 10.2. The van der Waals surface area contributed by atoms with Crippen molar-refractivity contribution in [1.82, 2.24) is 10.6 Å². The van der Waals surface area contributed by atoms with Crippen molar-refractivity contribution >= 4 is 23.2 Å². The Morgan fingerprint density at radius 1 is 1.22 bits per heavy atom. The summed E-state index contributed by atoms with van der Waals surface area (Å²) >= 11 is 1.49. The Morgan fingerprint density at radius 2 is 2.00 bits per heavy atom. The number of hydrogen-bond acceptors (Lipinski definition) is 4. The summed E-state index contributed by atoms with van der Waals surface area (Å²) in [6, 6.07) is 1.78. The van der Waals surface area contributed by atoms with Crippen LogP contribution in [-0.4, -0.2) is 31.4 Å². The standard InChI is InChI=1S/C12H19N3O2S/c13-5-2-7-14-11(16)3-1-6-15-12(17)10-4-8-18-9-10/h4,8-9H,1-3,5-7,13H2,(H,14,16)(H,15,17). The molecule has 0 spiro atoms. The van der Waals surface area contributed by atoms with E-state index in [1.54, 1.807) is 11.4 Å². The van der Waals surface area contributed by atoms with E-state index in [4.69, 9.17) is 5.73 Å². The summed E-state index contributed by atoms with van der Waals surface area (Å²) in [5, 5.41) is 9.21. The molecule has 0 aromatic carbocycles. The van der Waals surface area contributed by atoms with Gasteiger partial charge in [0, 0.05) is 30.5 Å². The molecule has 0 saturated heterocycles. The quantitative estimate of drug-likeness (QED) is 0.608. The summed E-state index contributed by atoms with van der Waals surface area (Å²) in [5.41, 5.74) is 5.99. The summed E-state index contributed by atoms with van der Waals surface area (Å²) < 4.78 is 0. The predicted molar refractivity (Wildman–Crippen MR) is 72.6 cm³/mol. The lowest BCUT2D eigenvalue weighted by Gasteiger charge is -2.05. The molecule has 4 N–H and O–H groups in total. The zero-order valence-corrected chi connectivity index (χ0v) is 11.1. The van der Waals surface area contributed by atoms with E-state index in [9.17, 15) is 9.59 Å². The third-order valence-corrected chi connectivity index (χ3v) is 3.04. The lowest BCUT2D eigenvalue weighted by Crippen LogP contribution is -2.28. The number of nitrogens with one attached hydrogen (secondary N) is 2. The van der Waals surface area contributed by atoms with Gasteiger partial charge < -0.3 is 16.4 Å². The van der Waals surface area contributed by atoms with Gasteiger partial charge in [0.15, 0.2) is 0 Å². The maximum atomic E-state index is 11.5. The summed E-state index contributed by atoms with van der Waals surface area (Å²) in [4.78, 5) is 22.9. The van der Waals surface area contributed by atoms with E-state index < -0.39 is 0 Å². The predicted octanol–water partition coefficient (Wildman–Crippen LogP) is 0.723. The fourth-order valence-corrected chi connectivity index (χ4v) is 2.00. The highest BCUT2D eigenvalue weighted by atomic mass is 32.1. The number of nitrogens with two attached hydrogens (primary N) is 1. The van der Waals surface area contributed by atoms with Crippen molar-refractivity contribution in [3.05, 3.63) is 22.4 Å². The van der Waals surface area contributed by atoms with Gasteiger partial charge >= 0.3 is 0 Å².